The number of hydrogen-bond donors (Lipinski definition) is 2. The molecule has 2 atom stereocenters. The lowest BCUT2D eigenvalue weighted by Crippen LogP contribution is -2.46. The predicted octanol–water partition coefficient (Wildman–Crippen LogP) is 2.14. The van der Waals surface area contributed by atoms with Crippen LogP contribution in [0.1, 0.15) is 47.0 Å². The van der Waals surface area contributed by atoms with Crippen molar-refractivity contribution in [2.45, 2.75) is 52.5 Å². The summed E-state index contributed by atoms with van der Waals surface area (Å²) in [6, 6.07) is 0. The quantitative estimate of drug-likeness (QED) is 0.639. The maximum atomic E-state index is 6.09. The molecule has 0 aromatic heterocycles. The maximum Gasteiger partial charge on any atom is 0.0252 e. The van der Waals surface area contributed by atoms with Gasteiger partial charge in [0.2, 0.25) is 0 Å². The van der Waals surface area contributed by atoms with Gasteiger partial charge < -0.3 is 11.1 Å². The third-order valence-electron chi connectivity index (χ3n) is 2.54. The molecular formula is C11H26N2. The monoisotopic (exact) mass is 186 g/mol. The Morgan fingerprint density at radius 2 is 2.00 bits per heavy atom. The van der Waals surface area contributed by atoms with Crippen LogP contribution in [0.15, 0.2) is 0 Å². The van der Waals surface area contributed by atoms with Crippen LogP contribution in [-0.2, 0) is 0 Å². The van der Waals surface area contributed by atoms with Gasteiger partial charge in [0.1, 0.15) is 0 Å². The highest BCUT2D eigenvalue weighted by Crippen LogP contribution is 2.07. The Hall–Kier alpha value is -0.0800. The molecule has 0 saturated heterocycles. The van der Waals surface area contributed by atoms with Gasteiger partial charge >= 0.3 is 0 Å². The van der Waals surface area contributed by atoms with E-state index in [9.17, 15) is 0 Å². The van der Waals surface area contributed by atoms with E-state index in [1.165, 1.54) is 6.42 Å². The van der Waals surface area contributed by atoms with Gasteiger partial charge in [-0.25, -0.2) is 0 Å². The Balaban J connectivity index is 3.50. The molecule has 80 valence electrons. The maximum absolute atomic E-state index is 6.09. The highest BCUT2D eigenvalue weighted by molar-refractivity contribution is 4.80. The van der Waals surface area contributed by atoms with Crippen molar-refractivity contribution >= 4 is 0 Å². The minimum Gasteiger partial charge on any atom is -0.324 e. The molecule has 13 heavy (non-hydrogen) atoms. The highest BCUT2D eigenvalue weighted by atomic mass is 14.9. The molecule has 0 aromatic rings. The van der Waals surface area contributed by atoms with Gasteiger partial charge in [-0.2, -0.15) is 0 Å². The molecule has 0 aliphatic carbocycles. The minimum absolute atomic E-state index is 0.0256. The van der Waals surface area contributed by atoms with Gasteiger partial charge in [0.15, 0.2) is 0 Å². The molecule has 0 spiro atoms. The molecule has 0 amide bonds. The van der Waals surface area contributed by atoms with Gasteiger partial charge in [-0.15, -0.1) is 0 Å². The summed E-state index contributed by atoms with van der Waals surface area (Å²) < 4.78 is 0. The number of hydrogen-bond acceptors (Lipinski definition) is 2. The van der Waals surface area contributed by atoms with Crippen LogP contribution < -0.4 is 11.1 Å². The molecule has 0 radical (unpaired) electrons. The first-order valence-electron chi connectivity index (χ1n) is 5.51. The minimum atomic E-state index is -0.0256. The summed E-state index contributed by atoms with van der Waals surface area (Å²) in [5.74, 6) is 0.762. The lowest BCUT2D eigenvalue weighted by atomic mass is 9.97. The average Bonchev–Trinajstić information content (AvgIpc) is 2.03. The van der Waals surface area contributed by atoms with Gasteiger partial charge in [-0.05, 0) is 25.8 Å². The van der Waals surface area contributed by atoms with Crippen molar-refractivity contribution in [1.82, 2.24) is 5.32 Å². The fraction of sp³-hybridized carbons (Fsp3) is 1.00. The number of nitrogens with two attached hydrogens (primary N) is 1. The molecule has 2 heteroatoms. The van der Waals surface area contributed by atoms with Crippen molar-refractivity contribution in [2.24, 2.45) is 11.7 Å². The molecule has 2 nitrogen and oxygen atoms in total. The summed E-state index contributed by atoms with van der Waals surface area (Å²) in [4.78, 5) is 0. The summed E-state index contributed by atoms with van der Waals surface area (Å²) in [6.45, 7) is 10.8. The van der Waals surface area contributed by atoms with E-state index in [1.54, 1.807) is 0 Å². The Morgan fingerprint density at radius 3 is 2.46 bits per heavy atom. The fourth-order valence-corrected chi connectivity index (χ4v) is 1.41. The van der Waals surface area contributed by atoms with Crippen LogP contribution in [0.3, 0.4) is 0 Å². The van der Waals surface area contributed by atoms with Crippen LogP contribution in [0.4, 0.5) is 0 Å². The molecule has 2 unspecified atom stereocenters. The molecule has 0 aromatic carbocycles. The van der Waals surface area contributed by atoms with Gasteiger partial charge in [-0.3, -0.25) is 0 Å². The molecule has 0 aliphatic heterocycles. The van der Waals surface area contributed by atoms with Crippen LogP contribution in [0.5, 0.6) is 0 Å². The summed E-state index contributed by atoms with van der Waals surface area (Å²) in [7, 11) is 0. The van der Waals surface area contributed by atoms with Gasteiger partial charge in [-0.1, -0.05) is 33.6 Å². The zero-order valence-electron chi connectivity index (χ0n) is 9.69. The van der Waals surface area contributed by atoms with Gasteiger partial charge in [0.05, 0.1) is 0 Å². The summed E-state index contributed by atoms with van der Waals surface area (Å²) in [6.07, 6.45) is 3.50. The van der Waals surface area contributed by atoms with E-state index in [4.69, 9.17) is 5.73 Å². The highest BCUT2D eigenvalue weighted by Gasteiger charge is 2.16. The lowest BCUT2D eigenvalue weighted by Gasteiger charge is -2.25. The van der Waals surface area contributed by atoms with Crippen LogP contribution >= 0.6 is 0 Å². The molecule has 0 saturated carbocycles. The second kappa shape index (κ2) is 6.39. The Morgan fingerprint density at radius 1 is 1.38 bits per heavy atom. The first kappa shape index (κ1) is 12.9. The van der Waals surface area contributed by atoms with Gasteiger partial charge in [0.25, 0.3) is 0 Å². The predicted molar refractivity (Wildman–Crippen MR) is 59.8 cm³/mol. The third kappa shape index (κ3) is 7.03. The standard InChI is InChI=1S/C11H26N2/c1-5-7-11(4,12)9-13-8-10(3)6-2/h10,13H,5-9,12H2,1-4H3. The van der Waals surface area contributed by atoms with E-state index >= 15 is 0 Å². The van der Waals surface area contributed by atoms with Crippen LogP contribution in [-0.4, -0.2) is 18.6 Å². The van der Waals surface area contributed by atoms with Gasteiger partial charge in [0, 0.05) is 12.1 Å². The molecule has 3 N–H and O–H groups in total. The zero-order valence-corrected chi connectivity index (χ0v) is 9.69. The summed E-state index contributed by atoms with van der Waals surface area (Å²) >= 11 is 0. The molecule has 0 fully saturated rings. The van der Waals surface area contributed by atoms with E-state index in [1.807, 2.05) is 0 Å². The normalized spacial score (nSPS) is 18.2. The average molecular weight is 186 g/mol. The first-order valence-corrected chi connectivity index (χ1v) is 5.51. The molecule has 0 aliphatic rings. The smallest absolute Gasteiger partial charge is 0.0252 e. The molecule has 0 heterocycles. The van der Waals surface area contributed by atoms with E-state index in [0.29, 0.717) is 0 Å². The second-order valence-electron chi connectivity index (χ2n) is 4.55. The van der Waals surface area contributed by atoms with E-state index < -0.39 is 0 Å². The van der Waals surface area contributed by atoms with Crippen molar-refractivity contribution < 1.29 is 0 Å². The largest absolute Gasteiger partial charge is 0.324 e. The molecular weight excluding hydrogens is 160 g/mol. The second-order valence-corrected chi connectivity index (χ2v) is 4.55. The number of nitrogens with one attached hydrogen (secondary N) is 1. The Kier molecular flexibility index (Phi) is 6.35. The van der Waals surface area contributed by atoms with Crippen LogP contribution in [0.25, 0.3) is 0 Å². The molecule has 0 rings (SSSR count). The van der Waals surface area contributed by atoms with Crippen molar-refractivity contribution in [3.05, 3.63) is 0 Å². The first-order chi connectivity index (χ1) is 6.02. The topological polar surface area (TPSA) is 38.0 Å². The molecule has 0 bridgehead atoms. The van der Waals surface area contributed by atoms with Crippen molar-refractivity contribution in [1.29, 1.82) is 0 Å². The van der Waals surface area contributed by atoms with Crippen molar-refractivity contribution in [3.63, 3.8) is 0 Å². The SMILES string of the molecule is CCCC(C)(N)CNCC(C)CC. The van der Waals surface area contributed by atoms with Crippen LogP contribution in [0, 0.1) is 5.92 Å². The Labute approximate surface area is 83.3 Å². The van der Waals surface area contributed by atoms with Crippen molar-refractivity contribution in [2.75, 3.05) is 13.1 Å². The Bertz CT molecular complexity index is 121. The third-order valence-corrected chi connectivity index (χ3v) is 2.54. The number of rotatable bonds is 7. The summed E-state index contributed by atoms with van der Waals surface area (Å²) in [5.41, 5.74) is 6.07. The van der Waals surface area contributed by atoms with E-state index in [-0.39, 0.29) is 5.54 Å². The van der Waals surface area contributed by atoms with Crippen LogP contribution in [0.2, 0.25) is 0 Å². The summed E-state index contributed by atoms with van der Waals surface area (Å²) in [5, 5.41) is 3.44. The fourth-order valence-electron chi connectivity index (χ4n) is 1.41. The van der Waals surface area contributed by atoms with Crippen molar-refractivity contribution in [3.8, 4) is 0 Å². The zero-order chi connectivity index (χ0) is 10.3. The van der Waals surface area contributed by atoms with E-state index in [2.05, 4.69) is 33.0 Å². The lowest BCUT2D eigenvalue weighted by molar-refractivity contribution is 0.378. The van der Waals surface area contributed by atoms with E-state index in [0.717, 1.165) is 31.8 Å².